The molecule has 0 N–H and O–H groups in total. The molecule has 7 heteroatoms. The van der Waals surface area contributed by atoms with Crippen LogP contribution in [0.15, 0.2) is 29.2 Å². The molecule has 6 nitrogen and oxygen atoms in total. The summed E-state index contributed by atoms with van der Waals surface area (Å²) < 4.78 is 29.1. The van der Waals surface area contributed by atoms with E-state index in [-0.39, 0.29) is 0 Å². The lowest BCUT2D eigenvalue weighted by Gasteiger charge is -2.46. The van der Waals surface area contributed by atoms with Crippen LogP contribution < -0.4 is 0 Å². The third kappa shape index (κ3) is 2.70. The van der Waals surface area contributed by atoms with E-state index in [1.807, 2.05) is 6.92 Å². The van der Waals surface area contributed by atoms with E-state index in [0.717, 1.165) is 19.5 Å². The van der Waals surface area contributed by atoms with Crippen LogP contribution in [0.5, 0.6) is 0 Å². The number of hydrogen-bond acceptors (Lipinski definition) is 4. The van der Waals surface area contributed by atoms with Gasteiger partial charge < -0.3 is 0 Å². The highest BCUT2D eigenvalue weighted by atomic mass is 32.2. The Bertz CT molecular complexity index is 913. The summed E-state index contributed by atoms with van der Waals surface area (Å²) in [7, 11) is -1.67. The highest BCUT2D eigenvalue weighted by Crippen LogP contribution is 2.30. The topological polar surface area (TPSA) is 58.4 Å². The van der Waals surface area contributed by atoms with E-state index >= 15 is 0 Å². The Kier molecular flexibility index (Phi) is 3.97. The van der Waals surface area contributed by atoms with E-state index in [0.29, 0.717) is 35.4 Å². The van der Waals surface area contributed by atoms with Crippen molar-refractivity contribution in [2.45, 2.75) is 37.8 Å². The molecule has 134 valence electrons. The number of sulfonamides is 1. The summed E-state index contributed by atoms with van der Waals surface area (Å²) in [5.41, 5.74) is 4.07. The highest BCUT2D eigenvalue weighted by Gasteiger charge is 2.42. The normalized spacial score (nSPS) is 19.6. The zero-order chi connectivity index (χ0) is 17.8. The Labute approximate surface area is 149 Å². The molecular weight excluding hydrogens is 336 g/mol. The van der Waals surface area contributed by atoms with Gasteiger partial charge in [-0.1, -0.05) is 24.3 Å². The van der Waals surface area contributed by atoms with Gasteiger partial charge in [0.1, 0.15) is 4.90 Å². The minimum absolute atomic E-state index is 0.306. The molecule has 0 spiro atoms. The largest absolute Gasteiger partial charge is 0.293 e. The second-order valence-corrected chi connectivity index (χ2v) is 8.96. The Balaban J connectivity index is 1.47. The van der Waals surface area contributed by atoms with Gasteiger partial charge in [-0.05, 0) is 31.4 Å². The molecule has 0 amide bonds. The van der Waals surface area contributed by atoms with Crippen LogP contribution in [0, 0.1) is 13.8 Å². The van der Waals surface area contributed by atoms with Gasteiger partial charge in [0.2, 0.25) is 10.0 Å². The van der Waals surface area contributed by atoms with Gasteiger partial charge in [0, 0.05) is 39.3 Å². The third-order valence-electron chi connectivity index (χ3n) is 5.55. The zero-order valence-corrected chi connectivity index (χ0v) is 15.8. The fourth-order valence-electron chi connectivity index (χ4n) is 3.93. The quantitative estimate of drug-likeness (QED) is 0.832. The van der Waals surface area contributed by atoms with Crippen molar-refractivity contribution in [1.82, 2.24) is 19.0 Å². The summed E-state index contributed by atoms with van der Waals surface area (Å²) in [4.78, 5) is 2.79. The van der Waals surface area contributed by atoms with Crippen LogP contribution in [0.2, 0.25) is 0 Å². The van der Waals surface area contributed by atoms with Gasteiger partial charge in [-0.25, -0.2) is 8.42 Å². The molecule has 0 atom stereocenters. The maximum Gasteiger partial charge on any atom is 0.246 e. The summed E-state index contributed by atoms with van der Waals surface area (Å²) in [5.74, 6) is 0. The van der Waals surface area contributed by atoms with Crippen molar-refractivity contribution in [3.05, 3.63) is 46.8 Å². The van der Waals surface area contributed by atoms with Crippen LogP contribution in [-0.2, 0) is 30.0 Å². The minimum atomic E-state index is -3.45. The molecule has 2 aliphatic heterocycles. The summed E-state index contributed by atoms with van der Waals surface area (Å²) in [5, 5.41) is 4.25. The number of hydrogen-bond donors (Lipinski definition) is 0. The maximum absolute atomic E-state index is 13.0. The van der Waals surface area contributed by atoms with Crippen molar-refractivity contribution < 1.29 is 8.42 Å². The first-order valence-electron chi connectivity index (χ1n) is 8.69. The first-order chi connectivity index (χ1) is 11.9. The number of rotatable bonds is 3. The van der Waals surface area contributed by atoms with E-state index in [1.54, 1.807) is 23.0 Å². The number of benzene rings is 1. The maximum atomic E-state index is 13.0. The predicted molar refractivity (Wildman–Crippen MR) is 95.8 cm³/mol. The zero-order valence-electron chi connectivity index (χ0n) is 14.9. The molecule has 3 heterocycles. The lowest BCUT2D eigenvalue weighted by Crippen LogP contribution is -2.61. The van der Waals surface area contributed by atoms with E-state index < -0.39 is 10.0 Å². The van der Waals surface area contributed by atoms with E-state index in [4.69, 9.17) is 0 Å². The standard InChI is InChI=1S/C18H24N4O2S/c1-13-18(14(2)20(3)19-13)25(23,24)22-11-17(12-22)21-9-8-15-6-4-5-7-16(15)10-21/h4-7,17H,8-12H2,1-3H3. The molecule has 0 aliphatic carbocycles. The molecule has 0 unspecified atom stereocenters. The number of nitrogens with zero attached hydrogens (tertiary/aromatic N) is 4. The smallest absolute Gasteiger partial charge is 0.246 e. The molecule has 0 radical (unpaired) electrons. The van der Waals surface area contributed by atoms with Gasteiger partial charge in [0.05, 0.1) is 11.4 Å². The van der Waals surface area contributed by atoms with Gasteiger partial charge in [-0.3, -0.25) is 9.58 Å². The van der Waals surface area contributed by atoms with Crippen LogP contribution in [0.25, 0.3) is 0 Å². The molecule has 1 aromatic carbocycles. The molecule has 1 fully saturated rings. The van der Waals surface area contributed by atoms with Gasteiger partial charge in [-0.15, -0.1) is 0 Å². The monoisotopic (exact) mass is 360 g/mol. The van der Waals surface area contributed by atoms with Crippen molar-refractivity contribution in [2.75, 3.05) is 19.6 Å². The van der Waals surface area contributed by atoms with E-state index in [1.165, 1.54) is 11.1 Å². The van der Waals surface area contributed by atoms with Crippen molar-refractivity contribution in [3.63, 3.8) is 0 Å². The van der Waals surface area contributed by atoms with Gasteiger partial charge in [0.15, 0.2) is 0 Å². The van der Waals surface area contributed by atoms with Crippen molar-refractivity contribution in [3.8, 4) is 0 Å². The van der Waals surface area contributed by atoms with Crippen LogP contribution in [0.4, 0.5) is 0 Å². The number of aromatic nitrogens is 2. The summed E-state index contributed by atoms with van der Waals surface area (Å²) in [6.45, 7) is 6.63. The Hall–Kier alpha value is -1.70. The average molecular weight is 360 g/mol. The van der Waals surface area contributed by atoms with Crippen molar-refractivity contribution in [1.29, 1.82) is 0 Å². The first kappa shape index (κ1) is 16.8. The SMILES string of the molecule is Cc1nn(C)c(C)c1S(=O)(=O)N1CC(N2CCc3ccccc3C2)C1. The van der Waals surface area contributed by atoms with Crippen molar-refractivity contribution in [2.24, 2.45) is 7.05 Å². The molecule has 25 heavy (non-hydrogen) atoms. The minimum Gasteiger partial charge on any atom is -0.293 e. The lowest BCUT2D eigenvalue weighted by atomic mass is 9.97. The van der Waals surface area contributed by atoms with Gasteiger partial charge in [-0.2, -0.15) is 9.40 Å². The summed E-state index contributed by atoms with van der Waals surface area (Å²) in [6.07, 6.45) is 1.04. The Morgan fingerprint density at radius 3 is 2.44 bits per heavy atom. The molecule has 2 aliphatic rings. The molecule has 1 saturated heterocycles. The van der Waals surface area contributed by atoms with Crippen LogP contribution in [0.1, 0.15) is 22.5 Å². The molecular formula is C18H24N4O2S. The number of fused-ring (bicyclic) bond motifs is 1. The van der Waals surface area contributed by atoms with E-state index in [2.05, 4.69) is 34.3 Å². The van der Waals surface area contributed by atoms with Crippen LogP contribution in [-0.4, -0.2) is 53.1 Å². The second kappa shape index (κ2) is 5.93. The lowest BCUT2D eigenvalue weighted by molar-refractivity contribution is 0.0768. The average Bonchev–Trinajstić information content (AvgIpc) is 2.78. The summed E-state index contributed by atoms with van der Waals surface area (Å²) >= 11 is 0. The summed E-state index contributed by atoms with van der Waals surface area (Å²) in [6, 6.07) is 8.84. The van der Waals surface area contributed by atoms with Gasteiger partial charge in [0.25, 0.3) is 0 Å². The van der Waals surface area contributed by atoms with Crippen LogP contribution >= 0.6 is 0 Å². The third-order valence-corrected chi connectivity index (χ3v) is 7.63. The fraction of sp³-hybridized carbons (Fsp3) is 0.500. The van der Waals surface area contributed by atoms with Crippen molar-refractivity contribution >= 4 is 10.0 Å². The molecule has 2 aromatic rings. The predicted octanol–water partition coefficient (Wildman–Crippen LogP) is 1.47. The Morgan fingerprint density at radius 1 is 1.12 bits per heavy atom. The van der Waals surface area contributed by atoms with E-state index in [9.17, 15) is 8.42 Å². The molecule has 0 saturated carbocycles. The first-order valence-corrected chi connectivity index (χ1v) is 10.1. The number of aryl methyl sites for hydroxylation is 2. The molecule has 0 bridgehead atoms. The Morgan fingerprint density at radius 2 is 1.80 bits per heavy atom. The molecule has 4 rings (SSSR count). The highest BCUT2D eigenvalue weighted by molar-refractivity contribution is 7.89. The molecule has 1 aromatic heterocycles. The van der Waals surface area contributed by atoms with Crippen LogP contribution in [0.3, 0.4) is 0 Å². The fourth-order valence-corrected chi connectivity index (χ4v) is 5.84. The van der Waals surface area contributed by atoms with Gasteiger partial charge >= 0.3 is 0 Å². The second-order valence-electron chi connectivity index (χ2n) is 7.09.